The lowest BCUT2D eigenvalue weighted by molar-refractivity contribution is 0.616. The first-order valence-corrected chi connectivity index (χ1v) is 4.59. The molecule has 1 nitrogen and oxygen atoms in total. The zero-order chi connectivity index (χ0) is 8.55. The maximum absolute atomic E-state index is 2.45. The molecule has 1 fully saturated rings. The maximum atomic E-state index is 2.45. The predicted octanol–water partition coefficient (Wildman–Crippen LogP) is 2.51. The van der Waals surface area contributed by atoms with Gasteiger partial charge in [0, 0.05) is 18.8 Å². The Balaban J connectivity index is 2.34. The molecule has 1 aromatic carbocycles. The standard InChI is InChI=1S/C11H15N/c1-9-4-5-10(2)11(8-9)12-6-3-7-12/h4-5,8H,3,6-7H2,1-2H3. The molecule has 64 valence electrons. The Bertz CT molecular complexity index is 287. The molecule has 0 amide bonds. The van der Waals surface area contributed by atoms with Crippen LogP contribution in [0.5, 0.6) is 0 Å². The number of hydrogen-bond donors (Lipinski definition) is 0. The van der Waals surface area contributed by atoms with E-state index < -0.39 is 0 Å². The van der Waals surface area contributed by atoms with Crippen LogP contribution in [0.15, 0.2) is 18.2 Å². The van der Waals surface area contributed by atoms with E-state index in [0.29, 0.717) is 0 Å². The highest BCUT2D eigenvalue weighted by molar-refractivity contribution is 5.56. The third-order valence-electron chi connectivity index (χ3n) is 2.56. The van der Waals surface area contributed by atoms with Gasteiger partial charge < -0.3 is 4.90 Å². The van der Waals surface area contributed by atoms with Crippen molar-refractivity contribution in [3.8, 4) is 0 Å². The van der Waals surface area contributed by atoms with E-state index in [-0.39, 0.29) is 0 Å². The summed E-state index contributed by atoms with van der Waals surface area (Å²) in [4.78, 5) is 2.45. The minimum Gasteiger partial charge on any atom is -0.371 e. The van der Waals surface area contributed by atoms with Crippen LogP contribution in [0.4, 0.5) is 5.69 Å². The SMILES string of the molecule is Cc1ccc(C)c(N2CCC2)c1. The zero-order valence-corrected chi connectivity index (χ0v) is 7.80. The lowest BCUT2D eigenvalue weighted by Crippen LogP contribution is -2.37. The van der Waals surface area contributed by atoms with Crippen molar-refractivity contribution in [2.45, 2.75) is 20.3 Å². The van der Waals surface area contributed by atoms with Crippen molar-refractivity contribution in [1.82, 2.24) is 0 Å². The minimum atomic E-state index is 1.24. The first-order valence-electron chi connectivity index (χ1n) is 4.59. The van der Waals surface area contributed by atoms with Gasteiger partial charge in [-0.2, -0.15) is 0 Å². The third kappa shape index (κ3) is 1.20. The monoisotopic (exact) mass is 161 g/mol. The van der Waals surface area contributed by atoms with Gasteiger partial charge in [0.25, 0.3) is 0 Å². The Morgan fingerprint density at radius 3 is 2.50 bits per heavy atom. The molecular formula is C11H15N. The molecular weight excluding hydrogens is 146 g/mol. The molecule has 0 N–H and O–H groups in total. The van der Waals surface area contributed by atoms with Crippen LogP contribution in [0.25, 0.3) is 0 Å². The quantitative estimate of drug-likeness (QED) is 0.611. The average molecular weight is 161 g/mol. The normalized spacial score (nSPS) is 16.0. The number of nitrogens with zero attached hydrogens (tertiary/aromatic N) is 1. The van der Waals surface area contributed by atoms with Crippen LogP contribution in [0.1, 0.15) is 17.5 Å². The van der Waals surface area contributed by atoms with Crippen molar-refractivity contribution in [3.05, 3.63) is 29.3 Å². The molecule has 1 heteroatoms. The van der Waals surface area contributed by atoms with Crippen molar-refractivity contribution in [2.24, 2.45) is 0 Å². The van der Waals surface area contributed by atoms with Gasteiger partial charge in [-0.05, 0) is 37.5 Å². The lowest BCUT2D eigenvalue weighted by atomic mass is 10.1. The van der Waals surface area contributed by atoms with Gasteiger partial charge in [0.15, 0.2) is 0 Å². The van der Waals surface area contributed by atoms with E-state index >= 15 is 0 Å². The highest BCUT2D eigenvalue weighted by atomic mass is 15.2. The number of aryl methyl sites for hydroxylation is 2. The number of hydrogen-bond acceptors (Lipinski definition) is 1. The molecule has 1 aliphatic heterocycles. The number of benzene rings is 1. The van der Waals surface area contributed by atoms with Crippen LogP contribution in [0.3, 0.4) is 0 Å². The Morgan fingerprint density at radius 2 is 1.92 bits per heavy atom. The van der Waals surface area contributed by atoms with Crippen molar-refractivity contribution >= 4 is 5.69 Å². The Labute approximate surface area is 74.0 Å². The fourth-order valence-electron chi connectivity index (χ4n) is 1.62. The predicted molar refractivity (Wildman–Crippen MR) is 52.7 cm³/mol. The molecule has 0 atom stereocenters. The second-order valence-electron chi connectivity index (χ2n) is 3.63. The molecule has 0 aromatic heterocycles. The summed E-state index contributed by atoms with van der Waals surface area (Å²) in [6.45, 7) is 6.82. The fourth-order valence-corrected chi connectivity index (χ4v) is 1.62. The van der Waals surface area contributed by atoms with E-state index in [1.807, 2.05) is 0 Å². The second-order valence-corrected chi connectivity index (χ2v) is 3.63. The van der Waals surface area contributed by atoms with Gasteiger partial charge in [-0.15, -0.1) is 0 Å². The fraction of sp³-hybridized carbons (Fsp3) is 0.455. The van der Waals surface area contributed by atoms with E-state index in [1.165, 1.54) is 36.3 Å². The minimum absolute atomic E-state index is 1.24. The summed E-state index contributed by atoms with van der Waals surface area (Å²) < 4.78 is 0. The summed E-state index contributed by atoms with van der Waals surface area (Å²) in [6, 6.07) is 6.68. The van der Waals surface area contributed by atoms with Gasteiger partial charge in [0.2, 0.25) is 0 Å². The smallest absolute Gasteiger partial charge is 0.0398 e. The van der Waals surface area contributed by atoms with Crippen LogP contribution in [0, 0.1) is 13.8 Å². The van der Waals surface area contributed by atoms with Gasteiger partial charge in [-0.1, -0.05) is 12.1 Å². The van der Waals surface area contributed by atoms with E-state index in [0.717, 1.165) is 0 Å². The number of rotatable bonds is 1. The largest absolute Gasteiger partial charge is 0.371 e. The first kappa shape index (κ1) is 7.66. The molecule has 1 saturated heterocycles. The summed E-state index contributed by atoms with van der Waals surface area (Å²) in [7, 11) is 0. The van der Waals surface area contributed by atoms with Crippen LogP contribution in [-0.2, 0) is 0 Å². The van der Waals surface area contributed by atoms with Crippen LogP contribution in [0.2, 0.25) is 0 Å². The molecule has 2 rings (SSSR count). The summed E-state index contributed by atoms with van der Waals surface area (Å²) in [5.74, 6) is 0. The molecule has 1 heterocycles. The molecule has 1 aromatic rings. The van der Waals surface area contributed by atoms with Gasteiger partial charge in [0.05, 0.1) is 0 Å². The third-order valence-corrected chi connectivity index (χ3v) is 2.56. The lowest BCUT2D eigenvalue weighted by Gasteiger charge is -2.34. The summed E-state index contributed by atoms with van der Waals surface area (Å²) >= 11 is 0. The molecule has 0 spiro atoms. The molecule has 0 radical (unpaired) electrons. The number of anilines is 1. The van der Waals surface area contributed by atoms with Crippen LogP contribution in [-0.4, -0.2) is 13.1 Å². The Hall–Kier alpha value is -0.980. The van der Waals surface area contributed by atoms with Crippen LogP contribution >= 0.6 is 0 Å². The molecule has 12 heavy (non-hydrogen) atoms. The van der Waals surface area contributed by atoms with E-state index in [4.69, 9.17) is 0 Å². The van der Waals surface area contributed by atoms with E-state index in [2.05, 4.69) is 36.9 Å². The Morgan fingerprint density at radius 1 is 1.17 bits per heavy atom. The topological polar surface area (TPSA) is 3.24 Å². The van der Waals surface area contributed by atoms with Crippen molar-refractivity contribution in [3.63, 3.8) is 0 Å². The molecule has 0 unspecified atom stereocenters. The van der Waals surface area contributed by atoms with Crippen LogP contribution < -0.4 is 4.90 Å². The maximum Gasteiger partial charge on any atom is 0.0398 e. The van der Waals surface area contributed by atoms with Crippen molar-refractivity contribution in [1.29, 1.82) is 0 Å². The van der Waals surface area contributed by atoms with Gasteiger partial charge in [-0.25, -0.2) is 0 Å². The summed E-state index contributed by atoms with van der Waals surface area (Å²) in [6.07, 6.45) is 1.35. The summed E-state index contributed by atoms with van der Waals surface area (Å²) in [5, 5.41) is 0. The first-order chi connectivity index (χ1) is 5.77. The van der Waals surface area contributed by atoms with E-state index in [9.17, 15) is 0 Å². The summed E-state index contributed by atoms with van der Waals surface area (Å²) in [5.41, 5.74) is 4.20. The average Bonchev–Trinajstić information content (AvgIpc) is 1.93. The highest BCUT2D eigenvalue weighted by Gasteiger charge is 2.15. The van der Waals surface area contributed by atoms with E-state index in [1.54, 1.807) is 0 Å². The van der Waals surface area contributed by atoms with Gasteiger partial charge in [0.1, 0.15) is 0 Å². The van der Waals surface area contributed by atoms with Crippen molar-refractivity contribution < 1.29 is 0 Å². The van der Waals surface area contributed by atoms with Gasteiger partial charge in [-0.3, -0.25) is 0 Å². The highest BCUT2D eigenvalue weighted by Crippen LogP contribution is 2.25. The van der Waals surface area contributed by atoms with Crippen molar-refractivity contribution in [2.75, 3.05) is 18.0 Å². The molecule has 0 aliphatic carbocycles. The molecule has 1 aliphatic rings. The van der Waals surface area contributed by atoms with Gasteiger partial charge >= 0.3 is 0 Å². The Kier molecular flexibility index (Phi) is 1.80. The zero-order valence-electron chi connectivity index (χ0n) is 7.80. The second kappa shape index (κ2) is 2.81. The molecule has 0 bridgehead atoms. The molecule has 0 saturated carbocycles.